The Morgan fingerprint density at radius 3 is 2.77 bits per heavy atom. The maximum atomic E-state index is 10.6. The molecule has 66 valence electrons. The summed E-state index contributed by atoms with van der Waals surface area (Å²) < 4.78 is 5.09. The zero-order valence-corrected chi connectivity index (χ0v) is 7.93. The molecule has 6 heteroatoms. The van der Waals surface area contributed by atoms with E-state index in [0.29, 0.717) is 5.69 Å². The van der Waals surface area contributed by atoms with Gasteiger partial charge in [0.1, 0.15) is 5.27 Å². The SMILES string of the molecule is [O-]c1n[n+](-c2ccccc2Br)no1. The van der Waals surface area contributed by atoms with Crippen molar-refractivity contribution in [2.75, 3.05) is 0 Å². The lowest BCUT2D eigenvalue weighted by molar-refractivity contribution is -0.726. The molecule has 0 aliphatic heterocycles. The number of halogens is 1. The standard InChI is InChI=1S/C7H4BrN3O2/c8-5-3-1-2-4-6(5)11-9-7(12)13-10-11/h1-4H. The monoisotopic (exact) mass is 241 g/mol. The minimum atomic E-state index is -0.712. The predicted molar refractivity (Wildman–Crippen MR) is 43.0 cm³/mol. The van der Waals surface area contributed by atoms with Crippen LogP contribution in [0, 0.1) is 0 Å². The quantitative estimate of drug-likeness (QED) is 0.669. The van der Waals surface area contributed by atoms with Crippen molar-refractivity contribution in [1.29, 1.82) is 0 Å². The largest absolute Gasteiger partial charge is 0.523 e. The van der Waals surface area contributed by atoms with Crippen molar-refractivity contribution in [3.05, 3.63) is 28.7 Å². The van der Waals surface area contributed by atoms with Gasteiger partial charge in [-0.05, 0) is 22.0 Å². The molecule has 0 unspecified atom stereocenters. The van der Waals surface area contributed by atoms with E-state index < -0.39 is 6.08 Å². The van der Waals surface area contributed by atoms with Crippen LogP contribution in [0.15, 0.2) is 33.3 Å². The Morgan fingerprint density at radius 1 is 1.38 bits per heavy atom. The molecule has 1 aromatic carbocycles. The average Bonchev–Trinajstić information content (AvgIpc) is 2.53. The molecule has 0 amide bonds. The van der Waals surface area contributed by atoms with E-state index in [1.807, 2.05) is 18.2 Å². The van der Waals surface area contributed by atoms with Crippen LogP contribution in [-0.4, -0.2) is 10.4 Å². The number of benzene rings is 1. The Morgan fingerprint density at radius 2 is 2.15 bits per heavy atom. The molecule has 0 atom stereocenters. The van der Waals surface area contributed by atoms with Crippen LogP contribution >= 0.6 is 15.9 Å². The molecule has 2 rings (SSSR count). The van der Waals surface area contributed by atoms with Gasteiger partial charge < -0.3 is 9.63 Å². The van der Waals surface area contributed by atoms with Gasteiger partial charge >= 0.3 is 0 Å². The molecular weight excluding hydrogens is 238 g/mol. The zero-order chi connectivity index (χ0) is 9.26. The number of nitrogens with zero attached hydrogens (tertiary/aromatic N) is 3. The Labute approximate surface area is 81.7 Å². The first kappa shape index (κ1) is 8.18. The van der Waals surface area contributed by atoms with Crippen molar-refractivity contribution < 1.29 is 14.4 Å². The van der Waals surface area contributed by atoms with Crippen LogP contribution in [0.3, 0.4) is 0 Å². The second-order valence-electron chi connectivity index (χ2n) is 2.28. The third-order valence-corrected chi connectivity index (χ3v) is 2.11. The molecule has 5 nitrogen and oxygen atoms in total. The number of para-hydroxylation sites is 1. The van der Waals surface area contributed by atoms with Gasteiger partial charge in [-0.3, -0.25) is 0 Å². The van der Waals surface area contributed by atoms with Crippen LogP contribution in [0.5, 0.6) is 6.08 Å². The van der Waals surface area contributed by atoms with Gasteiger partial charge in [0.2, 0.25) is 6.08 Å². The Bertz CT molecular complexity index is 429. The lowest BCUT2D eigenvalue weighted by atomic mass is 10.3. The fraction of sp³-hybridized carbons (Fsp3) is 0. The minimum Gasteiger partial charge on any atom is -0.523 e. The van der Waals surface area contributed by atoms with Gasteiger partial charge in [0.15, 0.2) is 0 Å². The number of rotatable bonds is 1. The maximum Gasteiger partial charge on any atom is 0.283 e. The first-order valence-electron chi connectivity index (χ1n) is 3.45. The van der Waals surface area contributed by atoms with Gasteiger partial charge in [-0.1, -0.05) is 12.1 Å². The first-order chi connectivity index (χ1) is 6.27. The first-order valence-corrected chi connectivity index (χ1v) is 4.25. The third kappa shape index (κ3) is 1.52. The molecule has 0 bridgehead atoms. The summed E-state index contributed by atoms with van der Waals surface area (Å²) in [6.45, 7) is 0. The highest BCUT2D eigenvalue weighted by Gasteiger charge is 2.14. The smallest absolute Gasteiger partial charge is 0.283 e. The molecule has 1 aromatic heterocycles. The second-order valence-corrected chi connectivity index (χ2v) is 3.13. The predicted octanol–water partition coefficient (Wildman–Crippen LogP) is 0.182. The molecule has 0 aliphatic rings. The highest BCUT2D eigenvalue weighted by atomic mass is 79.9. The van der Waals surface area contributed by atoms with Crippen LogP contribution in [-0.2, 0) is 0 Å². The summed E-state index contributed by atoms with van der Waals surface area (Å²) in [7, 11) is 0. The second kappa shape index (κ2) is 3.14. The molecule has 0 saturated carbocycles. The summed E-state index contributed by atoms with van der Waals surface area (Å²) in [6.07, 6.45) is -0.712. The van der Waals surface area contributed by atoms with Gasteiger partial charge in [0, 0.05) is 6.07 Å². The van der Waals surface area contributed by atoms with E-state index in [-0.39, 0.29) is 0 Å². The molecule has 0 spiro atoms. The summed E-state index contributed by atoms with van der Waals surface area (Å²) in [5.41, 5.74) is 0.661. The van der Waals surface area contributed by atoms with E-state index in [9.17, 15) is 5.11 Å². The lowest BCUT2D eigenvalue weighted by Gasteiger charge is -1.88. The Hall–Kier alpha value is -1.43. The van der Waals surface area contributed by atoms with Gasteiger partial charge in [-0.15, -0.1) is 0 Å². The summed E-state index contributed by atoms with van der Waals surface area (Å²) >= 11 is 3.30. The highest BCUT2D eigenvalue weighted by molar-refractivity contribution is 9.10. The van der Waals surface area contributed by atoms with Crippen LogP contribution < -0.4 is 9.90 Å². The van der Waals surface area contributed by atoms with Crippen molar-refractivity contribution in [3.63, 3.8) is 0 Å². The van der Waals surface area contributed by atoms with Gasteiger partial charge in [0.05, 0.1) is 14.4 Å². The highest BCUT2D eigenvalue weighted by Crippen LogP contribution is 2.14. The van der Waals surface area contributed by atoms with E-state index in [1.54, 1.807) is 6.07 Å². The van der Waals surface area contributed by atoms with Gasteiger partial charge in [-0.2, -0.15) is 0 Å². The fourth-order valence-corrected chi connectivity index (χ4v) is 1.34. The Kier molecular flexibility index (Phi) is 1.97. The number of hydrogen-bond donors (Lipinski definition) is 0. The van der Waals surface area contributed by atoms with Crippen LogP contribution in [0.2, 0.25) is 0 Å². The molecule has 0 aliphatic carbocycles. The van der Waals surface area contributed by atoms with Crippen molar-refractivity contribution in [2.45, 2.75) is 0 Å². The van der Waals surface area contributed by atoms with E-state index >= 15 is 0 Å². The number of hydrogen-bond acceptors (Lipinski definition) is 4. The maximum absolute atomic E-state index is 10.6. The molecule has 0 radical (unpaired) electrons. The summed E-state index contributed by atoms with van der Waals surface area (Å²) in [5, 5.41) is 17.5. The lowest BCUT2D eigenvalue weighted by Crippen LogP contribution is -2.36. The zero-order valence-electron chi connectivity index (χ0n) is 6.35. The average molecular weight is 242 g/mol. The van der Waals surface area contributed by atoms with Crippen molar-refractivity contribution in [3.8, 4) is 11.8 Å². The Balaban J connectivity index is 2.52. The fourth-order valence-electron chi connectivity index (χ4n) is 0.899. The van der Waals surface area contributed by atoms with Gasteiger partial charge in [-0.25, -0.2) is 0 Å². The van der Waals surface area contributed by atoms with E-state index in [4.69, 9.17) is 0 Å². The van der Waals surface area contributed by atoms with E-state index in [2.05, 4.69) is 30.8 Å². The molecule has 13 heavy (non-hydrogen) atoms. The van der Waals surface area contributed by atoms with Crippen molar-refractivity contribution in [1.82, 2.24) is 10.4 Å². The van der Waals surface area contributed by atoms with Gasteiger partial charge in [0.25, 0.3) is 5.69 Å². The van der Waals surface area contributed by atoms with Crippen LogP contribution in [0.25, 0.3) is 5.69 Å². The molecule has 1 heterocycles. The van der Waals surface area contributed by atoms with E-state index in [1.165, 1.54) is 0 Å². The molecule has 0 fully saturated rings. The normalized spacial score (nSPS) is 10.2. The van der Waals surface area contributed by atoms with Crippen LogP contribution in [0.4, 0.5) is 0 Å². The van der Waals surface area contributed by atoms with Crippen molar-refractivity contribution >= 4 is 15.9 Å². The summed E-state index contributed by atoms with van der Waals surface area (Å²) in [5.74, 6) is 0. The minimum absolute atomic E-state index is 0.661. The third-order valence-electron chi connectivity index (χ3n) is 1.44. The van der Waals surface area contributed by atoms with Crippen molar-refractivity contribution in [2.24, 2.45) is 0 Å². The molecule has 0 saturated heterocycles. The topological polar surface area (TPSA) is 65.9 Å². The summed E-state index contributed by atoms with van der Waals surface area (Å²) in [4.78, 5) is 1.13. The number of aromatic nitrogens is 3. The molecule has 2 aromatic rings. The molecular formula is C7H4BrN3O2. The molecule has 0 N–H and O–H groups in total. The summed E-state index contributed by atoms with van der Waals surface area (Å²) in [6, 6.07) is 7.25. The van der Waals surface area contributed by atoms with E-state index in [0.717, 1.165) is 9.27 Å². The van der Waals surface area contributed by atoms with Crippen LogP contribution in [0.1, 0.15) is 0 Å².